The van der Waals surface area contributed by atoms with Crippen LogP contribution in [0.3, 0.4) is 0 Å². The number of carbonyl (C=O) groups excluding carboxylic acids is 2. The lowest BCUT2D eigenvalue weighted by Crippen LogP contribution is -2.16. The topological polar surface area (TPSA) is 73.2 Å². The van der Waals surface area contributed by atoms with Gasteiger partial charge in [0.15, 0.2) is 0 Å². The fourth-order valence-corrected chi connectivity index (χ4v) is 2.89. The van der Waals surface area contributed by atoms with Gasteiger partial charge >= 0.3 is 5.97 Å². The Morgan fingerprint density at radius 2 is 1.68 bits per heavy atom. The molecule has 1 heterocycles. The molecule has 1 N–H and O–H groups in total. The van der Waals surface area contributed by atoms with Gasteiger partial charge in [0.05, 0.1) is 18.9 Å². The third kappa shape index (κ3) is 5.30. The molecule has 0 atom stereocenters. The van der Waals surface area contributed by atoms with Gasteiger partial charge in [0, 0.05) is 19.0 Å². The Labute approximate surface area is 164 Å². The van der Waals surface area contributed by atoms with Gasteiger partial charge in [-0.1, -0.05) is 42.5 Å². The minimum absolute atomic E-state index is 0.0708. The molecule has 28 heavy (non-hydrogen) atoms. The van der Waals surface area contributed by atoms with Crippen LogP contribution < -0.4 is 5.32 Å². The van der Waals surface area contributed by atoms with Crippen molar-refractivity contribution >= 4 is 17.7 Å². The molecule has 0 spiro atoms. The molecule has 0 aliphatic rings. The standard InChI is InChI=1S/C22H23N3O3/c1-28-22(27)19-10-7-18(8-11-19)9-12-21(26)24-20-13-15-23-25(20)16-14-17-5-3-2-4-6-17/h2-8,10-11,13,15H,9,12,14,16H2,1H3,(H,24,26). The molecule has 0 aliphatic heterocycles. The molecule has 2 aromatic carbocycles. The van der Waals surface area contributed by atoms with Crippen molar-refractivity contribution < 1.29 is 14.3 Å². The van der Waals surface area contributed by atoms with Crippen molar-refractivity contribution in [3.63, 3.8) is 0 Å². The van der Waals surface area contributed by atoms with Gasteiger partial charge in [0.25, 0.3) is 0 Å². The van der Waals surface area contributed by atoms with Crippen LogP contribution in [0.5, 0.6) is 0 Å². The molecule has 0 saturated carbocycles. The number of aromatic nitrogens is 2. The molecular weight excluding hydrogens is 354 g/mol. The van der Waals surface area contributed by atoms with Gasteiger partial charge in [0.1, 0.15) is 5.82 Å². The molecule has 0 aliphatic carbocycles. The lowest BCUT2D eigenvalue weighted by Gasteiger charge is -2.09. The van der Waals surface area contributed by atoms with E-state index in [4.69, 9.17) is 0 Å². The van der Waals surface area contributed by atoms with Gasteiger partial charge in [-0.2, -0.15) is 5.10 Å². The van der Waals surface area contributed by atoms with Crippen LogP contribution in [0.15, 0.2) is 66.9 Å². The summed E-state index contributed by atoms with van der Waals surface area (Å²) in [6, 6.07) is 19.1. The van der Waals surface area contributed by atoms with E-state index in [-0.39, 0.29) is 11.9 Å². The van der Waals surface area contributed by atoms with Gasteiger partial charge in [-0.15, -0.1) is 0 Å². The van der Waals surface area contributed by atoms with Crippen molar-refractivity contribution in [2.75, 3.05) is 12.4 Å². The highest BCUT2D eigenvalue weighted by atomic mass is 16.5. The predicted octanol–water partition coefficient (Wildman–Crippen LogP) is 3.48. The zero-order valence-electron chi connectivity index (χ0n) is 15.8. The number of nitrogens with zero attached hydrogens (tertiary/aromatic N) is 2. The maximum atomic E-state index is 12.3. The number of nitrogens with one attached hydrogen (secondary N) is 1. The van der Waals surface area contributed by atoms with Gasteiger partial charge in [-0.3, -0.25) is 4.79 Å². The number of esters is 1. The molecule has 3 aromatic rings. The van der Waals surface area contributed by atoms with Crippen molar-refractivity contribution in [3.05, 3.63) is 83.6 Å². The van der Waals surface area contributed by atoms with E-state index < -0.39 is 0 Å². The predicted molar refractivity (Wildman–Crippen MR) is 107 cm³/mol. The number of carbonyl (C=O) groups is 2. The quantitative estimate of drug-likeness (QED) is 0.610. The summed E-state index contributed by atoms with van der Waals surface area (Å²) in [5, 5.41) is 7.22. The zero-order valence-corrected chi connectivity index (χ0v) is 15.8. The fourth-order valence-electron chi connectivity index (χ4n) is 2.89. The summed E-state index contributed by atoms with van der Waals surface area (Å²) in [7, 11) is 1.35. The average molecular weight is 377 g/mol. The highest BCUT2D eigenvalue weighted by molar-refractivity contribution is 5.90. The molecule has 0 radical (unpaired) electrons. The first-order valence-corrected chi connectivity index (χ1v) is 9.18. The Balaban J connectivity index is 1.50. The first-order valence-electron chi connectivity index (χ1n) is 9.18. The Morgan fingerprint density at radius 1 is 0.964 bits per heavy atom. The van der Waals surface area contributed by atoms with Crippen LogP contribution in [0.1, 0.15) is 27.9 Å². The third-order valence-corrected chi connectivity index (χ3v) is 4.45. The maximum absolute atomic E-state index is 12.3. The van der Waals surface area contributed by atoms with Crippen molar-refractivity contribution in [1.29, 1.82) is 0 Å². The van der Waals surface area contributed by atoms with E-state index in [2.05, 4.69) is 27.3 Å². The molecule has 0 unspecified atom stereocenters. The Bertz CT molecular complexity index is 918. The number of hydrogen-bond acceptors (Lipinski definition) is 4. The number of aryl methyl sites for hydroxylation is 3. The van der Waals surface area contributed by atoms with E-state index in [1.807, 2.05) is 30.3 Å². The zero-order chi connectivity index (χ0) is 19.8. The molecular formula is C22H23N3O3. The second-order valence-electron chi connectivity index (χ2n) is 6.41. The molecule has 3 rings (SSSR count). The van der Waals surface area contributed by atoms with E-state index in [0.29, 0.717) is 30.8 Å². The fraction of sp³-hybridized carbons (Fsp3) is 0.227. The number of ether oxygens (including phenoxy) is 1. The van der Waals surface area contributed by atoms with Crippen LogP contribution in [0.4, 0.5) is 5.82 Å². The first-order chi connectivity index (χ1) is 13.7. The summed E-state index contributed by atoms with van der Waals surface area (Å²) in [6.07, 6.45) is 3.47. The van der Waals surface area contributed by atoms with E-state index >= 15 is 0 Å². The lowest BCUT2D eigenvalue weighted by atomic mass is 10.1. The number of amides is 1. The van der Waals surface area contributed by atoms with E-state index in [0.717, 1.165) is 12.0 Å². The molecule has 1 amide bonds. The number of hydrogen-bond donors (Lipinski definition) is 1. The molecule has 0 fully saturated rings. The maximum Gasteiger partial charge on any atom is 0.337 e. The molecule has 0 bridgehead atoms. The van der Waals surface area contributed by atoms with E-state index in [1.165, 1.54) is 12.7 Å². The van der Waals surface area contributed by atoms with Crippen molar-refractivity contribution in [1.82, 2.24) is 9.78 Å². The minimum Gasteiger partial charge on any atom is -0.465 e. The van der Waals surface area contributed by atoms with Crippen LogP contribution in [-0.4, -0.2) is 28.8 Å². The second kappa shape index (κ2) is 9.50. The van der Waals surface area contributed by atoms with E-state index in [9.17, 15) is 9.59 Å². The summed E-state index contributed by atoms with van der Waals surface area (Å²) >= 11 is 0. The van der Waals surface area contributed by atoms with Crippen molar-refractivity contribution in [3.8, 4) is 0 Å². The average Bonchev–Trinajstić information content (AvgIpc) is 3.18. The smallest absolute Gasteiger partial charge is 0.337 e. The summed E-state index contributed by atoms with van der Waals surface area (Å²) in [5.41, 5.74) is 2.71. The van der Waals surface area contributed by atoms with Crippen LogP contribution in [0.2, 0.25) is 0 Å². The van der Waals surface area contributed by atoms with Crippen LogP contribution in [0, 0.1) is 0 Å². The largest absolute Gasteiger partial charge is 0.465 e. The summed E-state index contributed by atoms with van der Waals surface area (Å²) < 4.78 is 6.48. The number of anilines is 1. The first kappa shape index (κ1) is 19.4. The third-order valence-electron chi connectivity index (χ3n) is 4.45. The molecule has 6 nitrogen and oxygen atoms in total. The molecule has 0 saturated heterocycles. The lowest BCUT2D eigenvalue weighted by molar-refractivity contribution is -0.116. The van der Waals surface area contributed by atoms with Crippen molar-refractivity contribution in [2.45, 2.75) is 25.8 Å². The van der Waals surface area contributed by atoms with Crippen LogP contribution in [0.25, 0.3) is 0 Å². The molecule has 144 valence electrons. The van der Waals surface area contributed by atoms with Gasteiger partial charge in [-0.05, 0) is 36.1 Å². The number of methoxy groups -OCH3 is 1. The Hall–Kier alpha value is -3.41. The van der Waals surface area contributed by atoms with Crippen molar-refractivity contribution in [2.24, 2.45) is 0 Å². The van der Waals surface area contributed by atoms with Gasteiger partial charge < -0.3 is 10.1 Å². The highest BCUT2D eigenvalue weighted by Crippen LogP contribution is 2.11. The Kier molecular flexibility index (Phi) is 6.57. The van der Waals surface area contributed by atoms with Gasteiger partial charge in [0.2, 0.25) is 5.91 Å². The number of rotatable bonds is 8. The second-order valence-corrected chi connectivity index (χ2v) is 6.41. The van der Waals surface area contributed by atoms with Crippen LogP contribution >= 0.6 is 0 Å². The van der Waals surface area contributed by atoms with Gasteiger partial charge in [-0.25, -0.2) is 9.48 Å². The van der Waals surface area contributed by atoms with Crippen LogP contribution in [-0.2, 0) is 28.9 Å². The minimum atomic E-state index is -0.368. The summed E-state index contributed by atoms with van der Waals surface area (Å²) in [4.78, 5) is 23.8. The monoisotopic (exact) mass is 377 g/mol. The SMILES string of the molecule is COC(=O)c1ccc(CCC(=O)Nc2ccnn2CCc2ccccc2)cc1. The molecule has 1 aromatic heterocycles. The summed E-state index contributed by atoms with van der Waals surface area (Å²) in [5.74, 6) is 0.258. The highest BCUT2D eigenvalue weighted by Gasteiger charge is 2.09. The Morgan fingerprint density at radius 3 is 2.39 bits per heavy atom. The summed E-state index contributed by atoms with van der Waals surface area (Å²) in [6.45, 7) is 0.696. The molecule has 6 heteroatoms. The van der Waals surface area contributed by atoms with E-state index in [1.54, 1.807) is 29.1 Å². The normalized spacial score (nSPS) is 10.5. The number of benzene rings is 2.